The number of fused-ring (bicyclic) bond motifs is 10. The van der Waals surface area contributed by atoms with E-state index >= 15 is 0 Å². The van der Waals surface area contributed by atoms with Crippen LogP contribution in [0.1, 0.15) is 35.4 Å². The molecule has 9 aromatic rings. The molecule has 1 aliphatic carbocycles. The Morgan fingerprint density at radius 3 is 1.96 bits per heavy atom. The van der Waals surface area contributed by atoms with E-state index in [0.717, 1.165) is 50.3 Å². The van der Waals surface area contributed by atoms with Crippen LogP contribution in [0.3, 0.4) is 0 Å². The van der Waals surface area contributed by atoms with Crippen molar-refractivity contribution < 1.29 is 8.83 Å². The molecule has 2 unspecified atom stereocenters. The fourth-order valence-corrected chi connectivity index (χ4v) is 8.08. The molecule has 46 heavy (non-hydrogen) atoms. The normalized spacial score (nSPS) is 16.3. The molecule has 2 heterocycles. The molecule has 1 aliphatic rings. The first kappa shape index (κ1) is 25.7. The highest BCUT2D eigenvalue weighted by Gasteiger charge is 2.29. The minimum atomic E-state index is 0.349. The smallest absolute Gasteiger partial charge is 0.136 e. The van der Waals surface area contributed by atoms with E-state index in [1.54, 1.807) is 0 Å². The standard InChI is InChI=1S/C44H30O2/c1-26-31-12-6-7-15-35(31)34-14-5-3-10-28(34)21-36(26)30-18-20-42-38(23-30)40-25-43-39(24-44(40)46-42)37-22-29(17-19-41(37)45-43)33-16-8-11-27-9-2-4-13-32(27)33/h2-20,22-26,36H,21H2,1H3. The van der Waals surface area contributed by atoms with Crippen LogP contribution in [0.4, 0.5) is 0 Å². The number of hydrogen-bond donors (Lipinski definition) is 0. The number of benzene rings is 7. The van der Waals surface area contributed by atoms with Crippen molar-refractivity contribution in [3.05, 3.63) is 156 Å². The van der Waals surface area contributed by atoms with Crippen LogP contribution in [-0.4, -0.2) is 0 Å². The van der Waals surface area contributed by atoms with Gasteiger partial charge in [0.2, 0.25) is 0 Å². The molecule has 2 atom stereocenters. The molecule has 7 aromatic carbocycles. The Bertz CT molecular complexity index is 2640. The van der Waals surface area contributed by atoms with Gasteiger partial charge in [-0.3, -0.25) is 0 Å². The molecule has 0 saturated carbocycles. The van der Waals surface area contributed by atoms with Crippen molar-refractivity contribution in [3.63, 3.8) is 0 Å². The van der Waals surface area contributed by atoms with Gasteiger partial charge in [-0.1, -0.05) is 110 Å². The average molecular weight is 591 g/mol. The van der Waals surface area contributed by atoms with E-state index in [-0.39, 0.29) is 0 Å². The van der Waals surface area contributed by atoms with E-state index < -0.39 is 0 Å². The third-order valence-electron chi connectivity index (χ3n) is 10.4. The molecule has 0 spiro atoms. The van der Waals surface area contributed by atoms with E-state index in [4.69, 9.17) is 8.83 Å². The van der Waals surface area contributed by atoms with Crippen LogP contribution in [0, 0.1) is 0 Å². The zero-order valence-electron chi connectivity index (χ0n) is 25.5. The van der Waals surface area contributed by atoms with Crippen LogP contribution in [0.15, 0.2) is 148 Å². The Labute approximate surface area is 266 Å². The van der Waals surface area contributed by atoms with Crippen LogP contribution in [-0.2, 0) is 6.42 Å². The monoisotopic (exact) mass is 590 g/mol. The van der Waals surface area contributed by atoms with Crippen molar-refractivity contribution >= 4 is 54.6 Å². The highest BCUT2D eigenvalue weighted by atomic mass is 16.3. The molecular weight excluding hydrogens is 560 g/mol. The Kier molecular flexibility index (Phi) is 5.42. The number of hydrogen-bond acceptors (Lipinski definition) is 2. The van der Waals surface area contributed by atoms with E-state index in [2.05, 4.69) is 146 Å². The summed E-state index contributed by atoms with van der Waals surface area (Å²) >= 11 is 0. The lowest BCUT2D eigenvalue weighted by atomic mass is 9.80. The zero-order valence-corrected chi connectivity index (χ0v) is 25.5. The van der Waals surface area contributed by atoms with Gasteiger partial charge in [0, 0.05) is 21.5 Å². The van der Waals surface area contributed by atoms with Gasteiger partial charge in [-0.15, -0.1) is 0 Å². The van der Waals surface area contributed by atoms with Gasteiger partial charge in [0.15, 0.2) is 0 Å². The van der Waals surface area contributed by atoms with Gasteiger partial charge in [0.05, 0.1) is 0 Å². The lowest BCUT2D eigenvalue weighted by Gasteiger charge is -2.24. The topological polar surface area (TPSA) is 26.3 Å². The maximum atomic E-state index is 6.52. The second-order valence-electron chi connectivity index (χ2n) is 12.9. The van der Waals surface area contributed by atoms with Crippen molar-refractivity contribution in [2.24, 2.45) is 0 Å². The molecule has 0 amide bonds. The first-order valence-corrected chi connectivity index (χ1v) is 16.2. The van der Waals surface area contributed by atoms with Crippen LogP contribution >= 0.6 is 0 Å². The van der Waals surface area contributed by atoms with Gasteiger partial charge < -0.3 is 8.83 Å². The molecule has 0 saturated heterocycles. The molecular formula is C44H30O2. The summed E-state index contributed by atoms with van der Waals surface area (Å²) in [5.74, 6) is 0.721. The molecule has 0 N–H and O–H groups in total. The Morgan fingerprint density at radius 2 is 1.11 bits per heavy atom. The molecule has 2 heteroatoms. The summed E-state index contributed by atoms with van der Waals surface area (Å²) in [4.78, 5) is 0. The van der Waals surface area contributed by atoms with Crippen LogP contribution < -0.4 is 0 Å². The fraction of sp³-hybridized carbons (Fsp3) is 0.0909. The second kappa shape index (κ2) is 9.70. The fourth-order valence-electron chi connectivity index (χ4n) is 8.08. The highest BCUT2D eigenvalue weighted by molar-refractivity contribution is 6.15. The van der Waals surface area contributed by atoms with Crippen molar-refractivity contribution in [2.45, 2.75) is 25.2 Å². The van der Waals surface area contributed by atoms with E-state index in [0.29, 0.717) is 11.8 Å². The van der Waals surface area contributed by atoms with Crippen LogP contribution in [0.5, 0.6) is 0 Å². The first-order valence-electron chi connectivity index (χ1n) is 16.2. The van der Waals surface area contributed by atoms with Crippen molar-refractivity contribution in [1.82, 2.24) is 0 Å². The first-order chi connectivity index (χ1) is 22.7. The highest BCUT2D eigenvalue weighted by Crippen LogP contribution is 2.46. The van der Waals surface area contributed by atoms with Crippen molar-refractivity contribution in [3.8, 4) is 22.3 Å². The second-order valence-corrected chi connectivity index (χ2v) is 12.9. The van der Waals surface area contributed by atoms with Gasteiger partial charge in [-0.2, -0.15) is 0 Å². The quantitative estimate of drug-likeness (QED) is 0.200. The van der Waals surface area contributed by atoms with E-state index in [9.17, 15) is 0 Å². The molecule has 0 fully saturated rings. The molecule has 2 aromatic heterocycles. The average Bonchev–Trinajstić information content (AvgIpc) is 3.61. The molecule has 10 rings (SSSR count). The Hall–Kier alpha value is -5.60. The minimum Gasteiger partial charge on any atom is -0.456 e. The molecule has 218 valence electrons. The zero-order chi connectivity index (χ0) is 30.4. The predicted octanol–water partition coefficient (Wildman–Crippen LogP) is 12.4. The summed E-state index contributed by atoms with van der Waals surface area (Å²) in [6.07, 6.45) is 1.00. The molecule has 0 radical (unpaired) electrons. The Balaban J connectivity index is 1.11. The third kappa shape index (κ3) is 3.77. The molecule has 0 aliphatic heterocycles. The Morgan fingerprint density at radius 1 is 0.478 bits per heavy atom. The summed E-state index contributed by atoms with van der Waals surface area (Å²) in [5.41, 5.74) is 12.9. The number of rotatable bonds is 2. The third-order valence-corrected chi connectivity index (χ3v) is 10.4. The lowest BCUT2D eigenvalue weighted by Crippen LogP contribution is -2.10. The molecule has 0 bridgehead atoms. The summed E-state index contributed by atoms with van der Waals surface area (Å²) in [7, 11) is 0. The lowest BCUT2D eigenvalue weighted by molar-refractivity contribution is 0.579. The largest absolute Gasteiger partial charge is 0.456 e. The SMILES string of the molecule is CC1c2ccccc2-c2ccccc2CC1c1ccc2oc3cc4c(cc3c2c1)oc1ccc(-c2cccc3ccccc23)cc14. The van der Waals surface area contributed by atoms with Gasteiger partial charge in [-0.05, 0) is 104 Å². The van der Waals surface area contributed by atoms with Crippen molar-refractivity contribution in [1.29, 1.82) is 0 Å². The van der Waals surface area contributed by atoms with Gasteiger partial charge in [0.25, 0.3) is 0 Å². The van der Waals surface area contributed by atoms with Crippen molar-refractivity contribution in [2.75, 3.05) is 0 Å². The summed E-state index contributed by atoms with van der Waals surface area (Å²) in [6.45, 7) is 2.39. The van der Waals surface area contributed by atoms with Gasteiger partial charge in [0.1, 0.15) is 22.3 Å². The maximum Gasteiger partial charge on any atom is 0.136 e. The summed E-state index contributed by atoms with van der Waals surface area (Å²) in [5, 5.41) is 6.92. The summed E-state index contributed by atoms with van der Waals surface area (Å²) < 4.78 is 13.0. The molecule has 2 nitrogen and oxygen atoms in total. The van der Waals surface area contributed by atoms with E-state index in [1.807, 2.05) is 0 Å². The predicted molar refractivity (Wildman–Crippen MR) is 191 cm³/mol. The minimum absolute atomic E-state index is 0.349. The van der Waals surface area contributed by atoms with E-state index in [1.165, 1.54) is 49.7 Å². The maximum absolute atomic E-state index is 6.52. The number of furan rings is 2. The van der Waals surface area contributed by atoms with Crippen LogP contribution in [0.25, 0.3) is 76.9 Å². The van der Waals surface area contributed by atoms with Gasteiger partial charge >= 0.3 is 0 Å². The van der Waals surface area contributed by atoms with Gasteiger partial charge in [-0.25, -0.2) is 0 Å². The summed E-state index contributed by atoms with van der Waals surface area (Å²) in [6, 6.07) is 50.6. The van der Waals surface area contributed by atoms with Crippen LogP contribution in [0.2, 0.25) is 0 Å².